The van der Waals surface area contributed by atoms with Crippen LogP contribution in [-0.4, -0.2) is 29.9 Å². The molecule has 0 radical (unpaired) electrons. The molecule has 0 aliphatic heterocycles. The molecule has 2 atom stereocenters. The first-order valence-corrected chi connectivity index (χ1v) is 5.47. The van der Waals surface area contributed by atoms with Gasteiger partial charge in [0.2, 0.25) is 5.91 Å². The predicted octanol–water partition coefficient (Wildman–Crippen LogP) is 1.74. The summed E-state index contributed by atoms with van der Waals surface area (Å²) in [5.41, 5.74) is 5.91. The average molecular weight is 245 g/mol. The fourth-order valence-electron chi connectivity index (χ4n) is 2.10. The molecule has 92 valence electrons. The number of hydrogen-bond donors (Lipinski definition) is 1. The van der Waals surface area contributed by atoms with Gasteiger partial charge in [-0.1, -0.05) is 18.6 Å². The Balaban J connectivity index is 0.00000225. The lowest BCUT2D eigenvalue weighted by Crippen LogP contribution is -2.41. The summed E-state index contributed by atoms with van der Waals surface area (Å²) >= 11 is 0. The van der Waals surface area contributed by atoms with E-state index >= 15 is 0 Å². The molecule has 0 bridgehead atoms. The van der Waals surface area contributed by atoms with E-state index in [0.717, 1.165) is 19.3 Å². The highest BCUT2D eigenvalue weighted by atomic mass is 35.5. The Morgan fingerprint density at radius 1 is 1.31 bits per heavy atom. The molecule has 0 aromatic carbocycles. The van der Waals surface area contributed by atoms with Gasteiger partial charge >= 0.3 is 0 Å². The Labute approximate surface area is 104 Å². The van der Waals surface area contributed by atoms with E-state index in [2.05, 4.69) is 13.2 Å². The zero-order valence-electron chi connectivity index (χ0n) is 9.60. The van der Waals surface area contributed by atoms with E-state index in [-0.39, 0.29) is 30.3 Å². The van der Waals surface area contributed by atoms with Crippen molar-refractivity contribution >= 4 is 18.3 Å². The second kappa shape index (κ2) is 7.47. The summed E-state index contributed by atoms with van der Waals surface area (Å²) in [7, 11) is 0. The van der Waals surface area contributed by atoms with Crippen molar-refractivity contribution in [2.24, 2.45) is 11.7 Å². The topological polar surface area (TPSA) is 46.3 Å². The van der Waals surface area contributed by atoms with Crippen LogP contribution in [0, 0.1) is 5.92 Å². The van der Waals surface area contributed by atoms with Crippen LogP contribution in [0.1, 0.15) is 19.3 Å². The fraction of sp³-hybridized carbons (Fsp3) is 0.583. The molecule has 1 aliphatic carbocycles. The Bertz CT molecular complexity index is 245. The quantitative estimate of drug-likeness (QED) is 0.749. The van der Waals surface area contributed by atoms with Gasteiger partial charge in [0.25, 0.3) is 0 Å². The first-order valence-electron chi connectivity index (χ1n) is 5.47. The van der Waals surface area contributed by atoms with Gasteiger partial charge in [0, 0.05) is 19.1 Å². The third-order valence-corrected chi connectivity index (χ3v) is 2.90. The average Bonchev–Trinajstić information content (AvgIpc) is 2.63. The van der Waals surface area contributed by atoms with Gasteiger partial charge in [-0.2, -0.15) is 0 Å². The summed E-state index contributed by atoms with van der Waals surface area (Å²) in [6, 6.07) is 0.0367. The minimum Gasteiger partial charge on any atom is -0.335 e. The number of hydrogen-bond acceptors (Lipinski definition) is 2. The van der Waals surface area contributed by atoms with E-state index in [9.17, 15) is 4.79 Å². The van der Waals surface area contributed by atoms with Gasteiger partial charge in [0.15, 0.2) is 0 Å². The van der Waals surface area contributed by atoms with Crippen LogP contribution in [0.4, 0.5) is 0 Å². The van der Waals surface area contributed by atoms with Crippen LogP contribution in [0.5, 0.6) is 0 Å². The van der Waals surface area contributed by atoms with Crippen molar-refractivity contribution < 1.29 is 4.79 Å². The van der Waals surface area contributed by atoms with Crippen molar-refractivity contribution in [3.05, 3.63) is 25.3 Å². The van der Waals surface area contributed by atoms with Gasteiger partial charge in [0.05, 0.1) is 5.92 Å². The number of halogens is 1. The third-order valence-electron chi connectivity index (χ3n) is 2.90. The standard InChI is InChI=1S/C12H20N2O.ClH/c1-3-8-14(9-4-2)12(15)10-6-5-7-11(10)13;/h3-4,10-11H,1-2,5-9,13H2;1H. The summed E-state index contributed by atoms with van der Waals surface area (Å²) in [4.78, 5) is 13.8. The van der Waals surface area contributed by atoms with Gasteiger partial charge in [-0.25, -0.2) is 0 Å². The fourth-order valence-corrected chi connectivity index (χ4v) is 2.10. The zero-order chi connectivity index (χ0) is 11.3. The lowest BCUT2D eigenvalue weighted by atomic mass is 10.0. The Hall–Kier alpha value is -0.800. The van der Waals surface area contributed by atoms with E-state index in [0.29, 0.717) is 13.1 Å². The van der Waals surface area contributed by atoms with Crippen molar-refractivity contribution in [1.82, 2.24) is 4.90 Å². The van der Waals surface area contributed by atoms with Gasteiger partial charge in [0.1, 0.15) is 0 Å². The zero-order valence-corrected chi connectivity index (χ0v) is 10.4. The van der Waals surface area contributed by atoms with Gasteiger partial charge in [-0.15, -0.1) is 25.6 Å². The maximum atomic E-state index is 12.1. The molecule has 4 heteroatoms. The number of carbonyl (C=O) groups excluding carboxylic acids is 1. The second-order valence-electron chi connectivity index (χ2n) is 4.02. The number of nitrogens with two attached hydrogens (primary N) is 1. The Morgan fingerprint density at radius 3 is 2.25 bits per heavy atom. The predicted molar refractivity (Wildman–Crippen MR) is 69.5 cm³/mol. The van der Waals surface area contributed by atoms with Gasteiger partial charge in [-0.05, 0) is 12.8 Å². The van der Waals surface area contributed by atoms with Crippen LogP contribution in [0.2, 0.25) is 0 Å². The summed E-state index contributed by atoms with van der Waals surface area (Å²) in [6.45, 7) is 8.46. The van der Waals surface area contributed by atoms with E-state index in [4.69, 9.17) is 5.73 Å². The smallest absolute Gasteiger partial charge is 0.227 e. The molecule has 0 heterocycles. The molecule has 1 aliphatic rings. The summed E-state index contributed by atoms with van der Waals surface area (Å²) in [5.74, 6) is 0.157. The second-order valence-corrected chi connectivity index (χ2v) is 4.02. The number of nitrogens with zero attached hydrogens (tertiary/aromatic N) is 1. The summed E-state index contributed by atoms with van der Waals surface area (Å²) < 4.78 is 0. The highest BCUT2D eigenvalue weighted by Crippen LogP contribution is 2.25. The van der Waals surface area contributed by atoms with Crippen LogP contribution < -0.4 is 5.73 Å². The Kier molecular flexibility index (Phi) is 7.10. The maximum absolute atomic E-state index is 12.1. The van der Waals surface area contributed by atoms with Gasteiger partial charge < -0.3 is 10.6 Å². The minimum atomic E-state index is 0. The minimum absolute atomic E-state index is 0. The van der Waals surface area contributed by atoms with Crippen LogP contribution in [0.15, 0.2) is 25.3 Å². The maximum Gasteiger partial charge on any atom is 0.227 e. The Morgan fingerprint density at radius 2 is 1.88 bits per heavy atom. The van der Waals surface area contributed by atoms with Crippen LogP contribution in [0.3, 0.4) is 0 Å². The van der Waals surface area contributed by atoms with E-state index in [1.54, 1.807) is 17.1 Å². The molecular formula is C12H21ClN2O. The van der Waals surface area contributed by atoms with Crippen molar-refractivity contribution in [3.8, 4) is 0 Å². The first kappa shape index (κ1) is 15.2. The monoisotopic (exact) mass is 244 g/mol. The normalized spacial score (nSPS) is 23.3. The molecule has 1 amide bonds. The molecule has 0 saturated heterocycles. The van der Waals surface area contributed by atoms with Crippen LogP contribution >= 0.6 is 12.4 Å². The van der Waals surface area contributed by atoms with Crippen LogP contribution in [-0.2, 0) is 4.79 Å². The van der Waals surface area contributed by atoms with Crippen LogP contribution in [0.25, 0.3) is 0 Å². The van der Waals surface area contributed by atoms with E-state index < -0.39 is 0 Å². The molecule has 0 aromatic rings. The van der Waals surface area contributed by atoms with Crippen molar-refractivity contribution in [3.63, 3.8) is 0 Å². The van der Waals surface area contributed by atoms with Crippen molar-refractivity contribution in [2.45, 2.75) is 25.3 Å². The van der Waals surface area contributed by atoms with Crippen molar-refractivity contribution in [1.29, 1.82) is 0 Å². The SMILES string of the molecule is C=CCN(CC=C)C(=O)C1CCCC1N.Cl. The van der Waals surface area contributed by atoms with E-state index in [1.807, 2.05) is 0 Å². The number of amides is 1. The number of rotatable bonds is 5. The number of carbonyl (C=O) groups is 1. The summed E-state index contributed by atoms with van der Waals surface area (Å²) in [6.07, 6.45) is 6.43. The highest BCUT2D eigenvalue weighted by Gasteiger charge is 2.32. The highest BCUT2D eigenvalue weighted by molar-refractivity contribution is 5.85. The molecule has 3 nitrogen and oxygen atoms in total. The molecule has 0 spiro atoms. The largest absolute Gasteiger partial charge is 0.335 e. The lowest BCUT2D eigenvalue weighted by Gasteiger charge is -2.25. The van der Waals surface area contributed by atoms with E-state index in [1.165, 1.54) is 0 Å². The molecule has 0 aromatic heterocycles. The molecule has 16 heavy (non-hydrogen) atoms. The first-order chi connectivity index (χ1) is 7.20. The molecule has 1 fully saturated rings. The molecule has 2 unspecified atom stereocenters. The molecule has 1 saturated carbocycles. The van der Waals surface area contributed by atoms with Crippen molar-refractivity contribution in [2.75, 3.05) is 13.1 Å². The van der Waals surface area contributed by atoms with Gasteiger partial charge in [-0.3, -0.25) is 4.79 Å². The molecular weight excluding hydrogens is 224 g/mol. The lowest BCUT2D eigenvalue weighted by molar-refractivity contribution is -0.134. The molecule has 1 rings (SSSR count). The molecule has 2 N–H and O–H groups in total. The third kappa shape index (κ3) is 3.65. The summed E-state index contributed by atoms with van der Waals surface area (Å²) in [5, 5.41) is 0.